The van der Waals surface area contributed by atoms with Crippen molar-refractivity contribution >= 4 is 28.5 Å². The zero-order chi connectivity index (χ0) is 25.9. The van der Waals surface area contributed by atoms with Crippen LogP contribution in [0.15, 0.2) is 42.6 Å². The van der Waals surface area contributed by atoms with Crippen molar-refractivity contribution in [2.45, 2.75) is 58.5 Å². The molecule has 0 unspecified atom stereocenters. The number of hydrogen-bond donors (Lipinski definition) is 2. The second-order valence-electron chi connectivity index (χ2n) is 8.11. The van der Waals surface area contributed by atoms with Gasteiger partial charge in [0.05, 0.1) is 18.3 Å². The van der Waals surface area contributed by atoms with Crippen molar-refractivity contribution in [3.05, 3.63) is 65.4 Å². The van der Waals surface area contributed by atoms with Crippen LogP contribution in [0.4, 0.5) is 10.1 Å². The van der Waals surface area contributed by atoms with Gasteiger partial charge in [0, 0.05) is 30.1 Å². The minimum Gasteiger partial charge on any atom is -0.459 e. The molecule has 3 aromatic rings. The molecule has 8 heteroatoms. The van der Waals surface area contributed by atoms with E-state index in [1.54, 1.807) is 24.4 Å². The van der Waals surface area contributed by atoms with Crippen LogP contribution in [0.5, 0.6) is 0 Å². The first kappa shape index (κ1) is 26.6. The summed E-state index contributed by atoms with van der Waals surface area (Å²) < 4.78 is 17.8. The van der Waals surface area contributed by atoms with Gasteiger partial charge in [0.15, 0.2) is 5.69 Å². The zero-order valence-corrected chi connectivity index (χ0v) is 20.9. The third kappa shape index (κ3) is 6.79. The van der Waals surface area contributed by atoms with E-state index in [1.165, 1.54) is 25.7 Å². The Kier molecular flexibility index (Phi) is 9.75. The molecular formula is C28H31FN4O3. The van der Waals surface area contributed by atoms with Gasteiger partial charge in [-0.05, 0) is 48.6 Å². The van der Waals surface area contributed by atoms with Crippen LogP contribution in [0.2, 0.25) is 0 Å². The van der Waals surface area contributed by atoms with Crippen LogP contribution in [0, 0.1) is 17.7 Å². The standard InChI is InChI=1S/C26H25FN4O3.C2H6/c1-34-22(32)14-13-21-20-8-5-15-28-23(20)24(30-19-6-3-2-4-7-19)25(31-21)26(33)29-16-17-9-11-18(27)12-10-17;1-2/h5,8-12,15,19,30H,2-4,6-7,16H2,1H3,(H,29,33);1-2H3. The largest absolute Gasteiger partial charge is 0.459 e. The monoisotopic (exact) mass is 490 g/mol. The Labute approximate surface area is 210 Å². The minimum atomic E-state index is -0.703. The van der Waals surface area contributed by atoms with E-state index < -0.39 is 11.9 Å². The van der Waals surface area contributed by atoms with E-state index in [1.807, 2.05) is 19.9 Å². The number of methoxy groups -OCH3 is 1. The number of benzene rings is 1. The molecule has 0 saturated heterocycles. The number of anilines is 1. The van der Waals surface area contributed by atoms with Gasteiger partial charge in [0.1, 0.15) is 11.5 Å². The van der Waals surface area contributed by atoms with Crippen molar-refractivity contribution in [2.75, 3.05) is 12.4 Å². The summed E-state index contributed by atoms with van der Waals surface area (Å²) in [5.74, 6) is 3.64. The van der Waals surface area contributed by atoms with Crippen molar-refractivity contribution in [1.82, 2.24) is 15.3 Å². The summed E-state index contributed by atoms with van der Waals surface area (Å²) in [6.07, 6.45) is 7.06. The average molecular weight is 491 g/mol. The maximum absolute atomic E-state index is 13.3. The summed E-state index contributed by atoms with van der Waals surface area (Å²) in [5, 5.41) is 6.99. The van der Waals surface area contributed by atoms with E-state index in [0.717, 1.165) is 31.2 Å². The Hall–Kier alpha value is -3.99. The van der Waals surface area contributed by atoms with E-state index in [4.69, 9.17) is 0 Å². The molecule has 0 bridgehead atoms. The first-order chi connectivity index (χ1) is 17.5. The molecular weight excluding hydrogens is 459 g/mol. The van der Waals surface area contributed by atoms with Gasteiger partial charge in [-0.3, -0.25) is 9.78 Å². The molecule has 188 valence electrons. The number of nitrogens with one attached hydrogen (secondary N) is 2. The first-order valence-corrected chi connectivity index (χ1v) is 12.2. The molecule has 1 amide bonds. The van der Waals surface area contributed by atoms with Crippen molar-refractivity contribution in [2.24, 2.45) is 0 Å². The highest BCUT2D eigenvalue weighted by molar-refractivity contribution is 6.06. The molecule has 1 saturated carbocycles. The Morgan fingerprint density at radius 2 is 1.83 bits per heavy atom. The molecule has 0 radical (unpaired) electrons. The number of fused-ring (bicyclic) bond motifs is 1. The highest BCUT2D eigenvalue weighted by Gasteiger charge is 2.23. The normalized spacial score (nSPS) is 13.0. The summed E-state index contributed by atoms with van der Waals surface area (Å²) >= 11 is 0. The summed E-state index contributed by atoms with van der Waals surface area (Å²) in [4.78, 5) is 33.9. The van der Waals surface area contributed by atoms with Gasteiger partial charge < -0.3 is 15.4 Å². The fourth-order valence-electron chi connectivity index (χ4n) is 4.01. The third-order valence-corrected chi connectivity index (χ3v) is 5.76. The summed E-state index contributed by atoms with van der Waals surface area (Å²) in [7, 11) is 1.25. The Morgan fingerprint density at radius 1 is 1.11 bits per heavy atom. The molecule has 2 heterocycles. The van der Waals surface area contributed by atoms with Crippen LogP contribution in [-0.4, -0.2) is 35.0 Å². The molecule has 7 nitrogen and oxygen atoms in total. The number of aromatic nitrogens is 2. The van der Waals surface area contributed by atoms with Gasteiger partial charge in [-0.2, -0.15) is 0 Å². The zero-order valence-electron chi connectivity index (χ0n) is 20.9. The number of carbonyl (C=O) groups is 2. The van der Waals surface area contributed by atoms with E-state index in [9.17, 15) is 14.0 Å². The van der Waals surface area contributed by atoms with E-state index in [2.05, 4.69) is 37.2 Å². The quantitative estimate of drug-likeness (QED) is 0.386. The van der Waals surface area contributed by atoms with Crippen molar-refractivity contribution in [3.8, 4) is 11.8 Å². The molecule has 0 aliphatic heterocycles. The summed E-state index contributed by atoms with van der Waals surface area (Å²) in [6, 6.07) is 9.68. The predicted molar refractivity (Wildman–Crippen MR) is 138 cm³/mol. The molecule has 1 fully saturated rings. The lowest BCUT2D eigenvalue weighted by Crippen LogP contribution is -2.29. The maximum Gasteiger partial charge on any atom is 0.384 e. The van der Waals surface area contributed by atoms with Crippen LogP contribution in [0.1, 0.15) is 67.7 Å². The molecule has 2 N–H and O–H groups in total. The second-order valence-corrected chi connectivity index (χ2v) is 8.11. The SMILES string of the molecule is CC.COC(=O)C#Cc1nc(C(=O)NCc2ccc(F)cc2)c(NC2CCCCC2)c2ncccc12. The van der Waals surface area contributed by atoms with Crippen molar-refractivity contribution in [1.29, 1.82) is 0 Å². The van der Waals surface area contributed by atoms with Crippen molar-refractivity contribution in [3.63, 3.8) is 0 Å². The number of ether oxygens (including phenoxy) is 1. The highest BCUT2D eigenvalue weighted by atomic mass is 19.1. The molecule has 2 aromatic heterocycles. The fourth-order valence-corrected chi connectivity index (χ4v) is 4.01. The highest BCUT2D eigenvalue weighted by Crippen LogP contribution is 2.30. The number of hydrogen-bond acceptors (Lipinski definition) is 6. The molecule has 36 heavy (non-hydrogen) atoms. The van der Waals surface area contributed by atoms with Crippen LogP contribution >= 0.6 is 0 Å². The third-order valence-electron chi connectivity index (χ3n) is 5.76. The lowest BCUT2D eigenvalue weighted by molar-refractivity contribution is -0.133. The first-order valence-electron chi connectivity index (χ1n) is 12.2. The van der Waals surface area contributed by atoms with Crippen LogP contribution in [-0.2, 0) is 16.1 Å². The molecule has 0 spiro atoms. The van der Waals surface area contributed by atoms with Gasteiger partial charge in [-0.15, -0.1) is 0 Å². The smallest absolute Gasteiger partial charge is 0.384 e. The number of halogens is 1. The molecule has 0 atom stereocenters. The summed E-state index contributed by atoms with van der Waals surface area (Å²) in [5.41, 5.74) is 2.26. The number of nitrogens with zero attached hydrogens (tertiary/aromatic N) is 2. The van der Waals surface area contributed by atoms with Crippen LogP contribution in [0.25, 0.3) is 10.9 Å². The van der Waals surface area contributed by atoms with Gasteiger partial charge in [-0.25, -0.2) is 14.2 Å². The van der Waals surface area contributed by atoms with Gasteiger partial charge in [0.2, 0.25) is 0 Å². The summed E-state index contributed by atoms with van der Waals surface area (Å²) in [6.45, 7) is 4.20. The number of pyridine rings is 2. The number of carbonyl (C=O) groups excluding carboxylic acids is 2. The van der Waals surface area contributed by atoms with Gasteiger partial charge in [-0.1, -0.05) is 45.2 Å². The lowest BCUT2D eigenvalue weighted by Gasteiger charge is -2.25. The van der Waals surface area contributed by atoms with E-state index >= 15 is 0 Å². The maximum atomic E-state index is 13.3. The Bertz CT molecular complexity index is 1260. The van der Waals surface area contributed by atoms with Gasteiger partial charge in [0.25, 0.3) is 5.91 Å². The Balaban J connectivity index is 0.00000176. The van der Waals surface area contributed by atoms with E-state index in [-0.39, 0.29) is 29.8 Å². The molecule has 4 rings (SSSR count). The number of rotatable bonds is 5. The molecule has 1 aromatic carbocycles. The minimum absolute atomic E-state index is 0.146. The number of esters is 1. The Morgan fingerprint density at radius 3 is 2.53 bits per heavy atom. The molecule has 1 aliphatic carbocycles. The second kappa shape index (κ2) is 13.2. The fraction of sp³-hybridized carbons (Fsp3) is 0.357. The van der Waals surface area contributed by atoms with Crippen LogP contribution in [0.3, 0.4) is 0 Å². The van der Waals surface area contributed by atoms with Crippen LogP contribution < -0.4 is 10.6 Å². The topological polar surface area (TPSA) is 93.2 Å². The van der Waals surface area contributed by atoms with E-state index in [0.29, 0.717) is 16.6 Å². The average Bonchev–Trinajstić information content (AvgIpc) is 2.93. The van der Waals surface area contributed by atoms with Gasteiger partial charge >= 0.3 is 5.97 Å². The number of amides is 1. The lowest BCUT2D eigenvalue weighted by atomic mass is 9.95. The predicted octanol–water partition coefficient (Wildman–Crippen LogP) is 4.99. The van der Waals surface area contributed by atoms with Crippen molar-refractivity contribution < 1.29 is 18.7 Å². The molecule has 1 aliphatic rings.